The molecule has 3 aromatic rings. The number of nitrogens with zero attached hydrogens (tertiary/aromatic N) is 4. The number of aromatic nitrogens is 4. The van der Waals surface area contributed by atoms with Crippen molar-refractivity contribution in [1.29, 1.82) is 0 Å². The molecule has 1 aliphatic heterocycles. The van der Waals surface area contributed by atoms with Crippen molar-refractivity contribution in [2.75, 3.05) is 11.9 Å². The van der Waals surface area contributed by atoms with Gasteiger partial charge in [0, 0.05) is 12.4 Å². The number of hydrogen-bond donors (Lipinski definition) is 1. The molecule has 1 aliphatic rings. The van der Waals surface area contributed by atoms with E-state index in [9.17, 15) is 4.79 Å². The minimum absolute atomic E-state index is 0.289. The largest absolute Gasteiger partial charge is 0.463 e. The Hall–Kier alpha value is -3.48. The van der Waals surface area contributed by atoms with Crippen LogP contribution in [0.25, 0.3) is 5.70 Å². The zero-order chi connectivity index (χ0) is 17.9. The maximum atomic E-state index is 12.9. The molecule has 0 saturated carbocycles. The number of ether oxygens (including phenoxy) is 1. The maximum Gasteiger partial charge on any atom is 0.338 e. The minimum atomic E-state index is -0.453. The van der Waals surface area contributed by atoms with E-state index in [0.29, 0.717) is 17.2 Å². The Morgan fingerprint density at radius 3 is 2.69 bits per heavy atom. The summed E-state index contributed by atoms with van der Waals surface area (Å²) in [5.74, 6) is 0.181. The third-order valence-electron chi connectivity index (χ3n) is 4.18. The van der Waals surface area contributed by atoms with E-state index in [4.69, 9.17) is 4.74 Å². The molecule has 1 N–H and O–H groups in total. The summed E-state index contributed by atoms with van der Waals surface area (Å²) >= 11 is 0. The number of fused-ring (bicyclic) bond motifs is 1. The van der Waals surface area contributed by atoms with Gasteiger partial charge in [0.1, 0.15) is 12.4 Å². The quantitative estimate of drug-likeness (QED) is 0.731. The highest BCUT2D eigenvalue weighted by Crippen LogP contribution is 2.38. The zero-order valence-electron chi connectivity index (χ0n) is 14.2. The van der Waals surface area contributed by atoms with Gasteiger partial charge in [-0.2, -0.15) is 10.1 Å². The Labute approximate surface area is 150 Å². The van der Waals surface area contributed by atoms with Gasteiger partial charge in [0.05, 0.1) is 17.9 Å². The number of carbonyl (C=O) groups is 1. The standard InChI is InChI=1S/C19H17N5O2/c1-2-26-18(25)15-16(13-6-4-3-5-7-13)23-19-21-12-22-24(19)17(15)14-8-10-20-11-9-14/h3-12,17H,2H2,1H3,(H,21,22,23)/t17-/m1/s1. The topological polar surface area (TPSA) is 81.9 Å². The summed E-state index contributed by atoms with van der Waals surface area (Å²) in [5, 5.41) is 7.55. The monoisotopic (exact) mass is 347 g/mol. The lowest BCUT2D eigenvalue weighted by molar-refractivity contribution is -0.138. The lowest BCUT2D eigenvalue weighted by Gasteiger charge is -2.29. The highest BCUT2D eigenvalue weighted by atomic mass is 16.5. The average Bonchev–Trinajstić information content (AvgIpc) is 3.16. The van der Waals surface area contributed by atoms with Crippen molar-refractivity contribution < 1.29 is 9.53 Å². The minimum Gasteiger partial charge on any atom is -0.463 e. The van der Waals surface area contributed by atoms with Crippen molar-refractivity contribution in [3.8, 4) is 0 Å². The third-order valence-corrected chi connectivity index (χ3v) is 4.18. The van der Waals surface area contributed by atoms with Crippen LogP contribution in [0.4, 0.5) is 5.95 Å². The van der Waals surface area contributed by atoms with Gasteiger partial charge in [0.15, 0.2) is 0 Å². The van der Waals surface area contributed by atoms with Crippen molar-refractivity contribution in [3.63, 3.8) is 0 Å². The van der Waals surface area contributed by atoms with Crippen LogP contribution in [0.2, 0.25) is 0 Å². The Morgan fingerprint density at radius 1 is 1.19 bits per heavy atom. The van der Waals surface area contributed by atoms with E-state index in [2.05, 4.69) is 20.4 Å². The van der Waals surface area contributed by atoms with Crippen LogP contribution >= 0.6 is 0 Å². The Kier molecular flexibility index (Phi) is 4.18. The number of rotatable bonds is 4. The number of pyridine rings is 1. The van der Waals surface area contributed by atoms with Crippen LogP contribution in [-0.4, -0.2) is 32.3 Å². The Balaban J connectivity index is 1.96. The summed E-state index contributed by atoms with van der Waals surface area (Å²) in [5.41, 5.74) is 2.92. The first-order valence-corrected chi connectivity index (χ1v) is 8.32. The zero-order valence-corrected chi connectivity index (χ0v) is 14.2. The van der Waals surface area contributed by atoms with Crippen LogP contribution in [0.5, 0.6) is 0 Å². The van der Waals surface area contributed by atoms with E-state index in [0.717, 1.165) is 11.1 Å². The molecule has 1 aromatic carbocycles. The van der Waals surface area contributed by atoms with E-state index >= 15 is 0 Å². The molecule has 0 aliphatic carbocycles. The van der Waals surface area contributed by atoms with Gasteiger partial charge in [-0.05, 0) is 30.2 Å². The number of nitrogens with one attached hydrogen (secondary N) is 1. The van der Waals surface area contributed by atoms with Crippen molar-refractivity contribution in [2.24, 2.45) is 0 Å². The molecule has 3 heterocycles. The highest BCUT2D eigenvalue weighted by molar-refractivity contribution is 6.02. The molecule has 0 fully saturated rings. The molecule has 0 bridgehead atoms. The van der Waals surface area contributed by atoms with Crippen LogP contribution < -0.4 is 5.32 Å². The lowest BCUT2D eigenvalue weighted by atomic mass is 9.93. The van der Waals surface area contributed by atoms with Crippen LogP contribution in [0.3, 0.4) is 0 Å². The smallest absolute Gasteiger partial charge is 0.338 e. The Morgan fingerprint density at radius 2 is 1.96 bits per heavy atom. The number of anilines is 1. The molecule has 26 heavy (non-hydrogen) atoms. The van der Waals surface area contributed by atoms with Gasteiger partial charge in [-0.25, -0.2) is 9.48 Å². The van der Waals surface area contributed by atoms with Crippen molar-refractivity contribution >= 4 is 17.6 Å². The van der Waals surface area contributed by atoms with E-state index in [-0.39, 0.29) is 12.6 Å². The van der Waals surface area contributed by atoms with Gasteiger partial charge in [-0.3, -0.25) is 4.98 Å². The summed E-state index contributed by atoms with van der Waals surface area (Å²) in [7, 11) is 0. The summed E-state index contributed by atoms with van der Waals surface area (Å²) < 4.78 is 7.05. The van der Waals surface area contributed by atoms with Crippen molar-refractivity contribution in [1.82, 2.24) is 19.7 Å². The van der Waals surface area contributed by atoms with Crippen molar-refractivity contribution in [2.45, 2.75) is 13.0 Å². The van der Waals surface area contributed by atoms with E-state index in [1.54, 1.807) is 24.0 Å². The second kappa shape index (κ2) is 6.79. The predicted octanol–water partition coefficient (Wildman–Crippen LogP) is 2.66. The van der Waals surface area contributed by atoms with Crippen molar-refractivity contribution in [3.05, 3.63) is 77.9 Å². The number of esters is 1. The third kappa shape index (κ3) is 2.73. The first-order chi connectivity index (χ1) is 12.8. The normalized spacial score (nSPS) is 16.0. The fourth-order valence-electron chi connectivity index (χ4n) is 3.08. The number of carbonyl (C=O) groups excluding carboxylic acids is 1. The van der Waals surface area contributed by atoms with E-state index in [1.165, 1.54) is 6.33 Å². The summed E-state index contributed by atoms with van der Waals surface area (Å²) in [6, 6.07) is 12.9. The molecule has 0 radical (unpaired) electrons. The fourth-order valence-corrected chi connectivity index (χ4v) is 3.08. The summed E-state index contributed by atoms with van der Waals surface area (Å²) in [6.45, 7) is 2.08. The predicted molar refractivity (Wildman–Crippen MR) is 96.0 cm³/mol. The molecule has 0 spiro atoms. The molecule has 130 valence electrons. The van der Waals surface area contributed by atoms with Gasteiger partial charge in [-0.15, -0.1) is 0 Å². The van der Waals surface area contributed by atoms with Gasteiger partial charge in [0.2, 0.25) is 5.95 Å². The molecule has 7 heteroatoms. The number of hydrogen-bond acceptors (Lipinski definition) is 6. The van der Waals surface area contributed by atoms with Gasteiger partial charge in [-0.1, -0.05) is 30.3 Å². The van der Waals surface area contributed by atoms with Gasteiger partial charge >= 0.3 is 5.97 Å². The molecule has 7 nitrogen and oxygen atoms in total. The highest BCUT2D eigenvalue weighted by Gasteiger charge is 2.36. The molecular formula is C19H17N5O2. The second-order valence-corrected chi connectivity index (χ2v) is 5.71. The molecule has 4 rings (SSSR count). The van der Waals surface area contributed by atoms with E-state index in [1.807, 2.05) is 42.5 Å². The lowest BCUT2D eigenvalue weighted by Crippen LogP contribution is -2.30. The van der Waals surface area contributed by atoms with Crippen LogP contribution in [0.15, 0.2) is 66.8 Å². The fraction of sp³-hybridized carbons (Fsp3) is 0.158. The van der Waals surface area contributed by atoms with Crippen LogP contribution in [0.1, 0.15) is 24.1 Å². The van der Waals surface area contributed by atoms with Crippen LogP contribution in [-0.2, 0) is 9.53 Å². The SMILES string of the molecule is CCOC(=O)C1=C(c2ccccc2)Nc2ncnn2[C@@H]1c1ccncc1. The van der Waals surface area contributed by atoms with Gasteiger partial charge in [0.25, 0.3) is 0 Å². The molecule has 2 aromatic heterocycles. The van der Waals surface area contributed by atoms with E-state index < -0.39 is 6.04 Å². The molecule has 0 amide bonds. The molecule has 1 atom stereocenters. The first-order valence-electron chi connectivity index (χ1n) is 8.32. The molecule has 0 saturated heterocycles. The summed E-state index contributed by atoms with van der Waals surface area (Å²) in [4.78, 5) is 21.3. The Bertz CT molecular complexity index is 950. The molecule has 0 unspecified atom stereocenters. The van der Waals surface area contributed by atoms with Gasteiger partial charge < -0.3 is 10.1 Å². The number of benzene rings is 1. The van der Waals surface area contributed by atoms with Crippen LogP contribution in [0, 0.1) is 0 Å². The maximum absolute atomic E-state index is 12.9. The molecular weight excluding hydrogens is 330 g/mol. The first kappa shape index (κ1) is 16.0. The second-order valence-electron chi connectivity index (χ2n) is 5.71. The summed E-state index contributed by atoms with van der Waals surface area (Å²) in [6.07, 6.45) is 4.85. The average molecular weight is 347 g/mol.